The SMILES string of the molecule is [c]1ccc(-c2ncc(C3CC3)cn2)cc1. The normalized spacial score (nSPS) is 15.2. The lowest BCUT2D eigenvalue weighted by Crippen LogP contribution is -1.90. The molecule has 1 radical (unpaired) electrons. The lowest BCUT2D eigenvalue weighted by atomic mass is 10.2. The molecule has 0 aliphatic heterocycles. The molecule has 1 fully saturated rings. The summed E-state index contributed by atoms with van der Waals surface area (Å²) < 4.78 is 0. The minimum Gasteiger partial charge on any atom is -0.236 e. The van der Waals surface area contributed by atoms with Gasteiger partial charge in [0.25, 0.3) is 0 Å². The van der Waals surface area contributed by atoms with Gasteiger partial charge in [-0.3, -0.25) is 0 Å². The van der Waals surface area contributed by atoms with E-state index in [1.54, 1.807) is 0 Å². The van der Waals surface area contributed by atoms with Crippen LogP contribution in [-0.2, 0) is 0 Å². The molecule has 0 bridgehead atoms. The topological polar surface area (TPSA) is 25.8 Å². The molecule has 0 amide bonds. The zero-order valence-electron chi connectivity index (χ0n) is 8.35. The van der Waals surface area contributed by atoms with Crippen molar-refractivity contribution in [2.24, 2.45) is 0 Å². The largest absolute Gasteiger partial charge is 0.236 e. The van der Waals surface area contributed by atoms with Crippen LogP contribution in [0.5, 0.6) is 0 Å². The van der Waals surface area contributed by atoms with Crippen LogP contribution in [0.2, 0.25) is 0 Å². The minimum absolute atomic E-state index is 0.725. The van der Waals surface area contributed by atoms with E-state index < -0.39 is 0 Å². The van der Waals surface area contributed by atoms with Gasteiger partial charge in [-0.05, 0) is 30.4 Å². The minimum atomic E-state index is 0.725. The quantitative estimate of drug-likeness (QED) is 0.736. The molecule has 1 heterocycles. The van der Waals surface area contributed by atoms with E-state index in [2.05, 4.69) is 16.0 Å². The van der Waals surface area contributed by atoms with Crippen molar-refractivity contribution in [3.05, 3.63) is 48.3 Å². The van der Waals surface area contributed by atoms with Gasteiger partial charge in [-0.15, -0.1) is 0 Å². The molecular weight excluding hydrogens is 184 g/mol. The molecule has 0 saturated heterocycles. The smallest absolute Gasteiger partial charge is 0.159 e. The molecule has 73 valence electrons. The average Bonchev–Trinajstić information content (AvgIpc) is 3.15. The second-order valence-corrected chi connectivity index (χ2v) is 3.90. The van der Waals surface area contributed by atoms with Crippen LogP contribution in [0, 0.1) is 6.07 Å². The van der Waals surface area contributed by atoms with E-state index in [-0.39, 0.29) is 0 Å². The van der Waals surface area contributed by atoms with Crippen LogP contribution in [-0.4, -0.2) is 9.97 Å². The summed E-state index contributed by atoms with van der Waals surface area (Å²) in [5.74, 6) is 1.52. The molecule has 0 unspecified atom stereocenters. The maximum Gasteiger partial charge on any atom is 0.159 e. The summed E-state index contributed by atoms with van der Waals surface area (Å²) >= 11 is 0. The zero-order chi connectivity index (χ0) is 10.1. The first-order valence-corrected chi connectivity index (χ1v) is 5.22. The Morgan fingerprint density at radius 1 is 1.07 bits per heavy atom. The van der Waals surface area contributed by atoms with E-state index in [0.717, 1.165) is 17.3 Å². The van der Waals surface area contributed by atoms with Crippen LogP contribution in [0.4, 0.5) is 0 Å². The highest BCUT2D eigenvalue weighted by molar-refractivity contribution is 5.53. The van der Waals surface area contributed by atoms with Gasteiger partial charge in [0.2, 0.25) is 0 Å². The van der Waals surface area contributed by atoms with Crippen molar-refractivity contribution in [1.29, 1.82) is 0 Å². The fourth-order valence-corrected chi connectivity index (χ4v) is 1.65. The van der Waals surface area contributed by atoms with Crippen molar-refractivity contribution < 1.29 is 0 Å². The van der Waals surface area contributed by atoms with Crippen molar-refractivity contribution in [2.75, 3.05) is 0 Å². The second kappa shape index (κ2) is 3.46. The number of hydrogen-bond acceptors (Lipinski definition) is 2. The predicted molar refractivity (Wildman–Crippen MR) is 58.3 cm³/mol. The molecule has 0 spiro atoms. The highest BCUT2D eigenvalue weighted by Gasteiger charge is 2.23. The second-order valence-electron chi connectivity index (χ2n) is 3.90. The molecule has 15 heavy (non-hydrogen) atoms. The monoisotopic (exact) mass is 195 g/mol. The maximum absolute atomic E-state index is 4.39. The molecule has 1 aliphatic rings. The predicted octanol–water partition coefficient (Wildman–Crippen LogP) is 2.82. The van der Waals surface area contributed by atoms with Gasteiger partial charge in [-0.2, -0.15) is 0 Å². The first kappa shape index (κ1) is 8.60. The molecule has 2 heteroatoms. The molecule has 1 aromatic heterocycles. The van der Waals surface area contributed by atoms with Crippen LogP contribution in [0.3, 0.4) is 0 Å². The number of aromatic nitrogens is 2. The lowest BCUT2D eigenvalue weighted by Gasteiger charge is -2.00. The van der Waals surface area contributed by atoms with Gasteiger partial charge in [-0.1, -0.05) is 24.3 Å². The molecule has 1 saturated carbocycles. The summed E-state index contributed by atoms with van der Waals surface area (Å²) in [6.45, 7) is 0. The van der Waals surface area contributed by atoms with Gasteiger partial charge < -0.3 is 0 Å². The van der Waals surface area contributed by atoms with Crippen LogP contribution >= 0.6 is 0 Å². The summed E-state index contributed by atoms with van der Waals surface area (Å²) in [7, 11) is 0. The third-order valence-corrected chi connectivity index (χ3v) is 2.70. The summed E-state index contributed by atoms with van der Waals surface area (Å²) in [5, 5.41) is 0. The Morgan fingerprint density at radius 2 is 1.73 bits per heavy atom. The fourth-order valence-electron chi connectivity index (χ4n) is 1.65. The van der Waals surface area contributed by atoms with E-state index in [1.165, 1.54) is 18.4 Å². The summed E-state index contributed by atoms with van der Waals surface area (Å²) in [4.78, 5) is 8.77. The number of benzene rings is 1. The molecular formula is C13H11N2. The Balaban J connectivity index is 1.93. The van der Waals surface area contributed by atoms with Crippen molar-refractivity contribution >= 4 is 0 Å². The van der Waals surface area contributed by atoms with Crippen LogP contribution < -0.4 is 0 Å². The lowest BCUT2D eigenvalue weighted by molar-refractivity contribution is 1.04. The van der Waals surface area contributed by atoms with Gasteiger partial charge in [0.15, 0.2) is 5.82 Å². The number of hydrogen-bond donors (Lipinski definition) is 0. The van der Waals surface area contributed by atoms with Crippen molar-refractivity contribution in [3.63, 3.8) is 0 Å². The Morgan fingerprint density at radius 3 is 2.33 bits per heavy atom. The van der Waals surface area contributed by atoms with Gasteiger partial charge in [0, 0.05) is 18.0 Å². The maximum atomic E-state index is 4.39. The van der Waals surface area contributed by atoms with Crippen molar-refractivity contribution in [1.82, 2.24) is 9.97 Å². The average molecular weight is 195 g/mol. The molecule has 1 aliphatic carbocycles. The molecule has 2 nitrogen and oxygen atoms in total. The van der Waals surface area contributed by atoms with Gasteiger partial charge >= 0.3 is 0 Å². The van der Waals surface area contributed by atoms with Crippen molar-refractivity contribution in [3.8, 4) is 11.4 Å². The standard InChI is InChI=1S/C13H11N2/c1-2-4-11(5-3-1)13-14-8-12(9-15-13)10-6-7-10/h2-5,8-10H,6-7H2. The third kappa shape index (κ3) is 1.75. The summed E-state index contributed by atoms with van der Waals surface area (Å²) in [5.41, 5.74) is 2.33. The molecule has 2 aromatic rings. The molecule has 1 aromatic carbocycles. The summed E-state index contributed by atoms with van der Waals surface area (Å²) in [6.07, 6.45) is 6.50. The molecule has 0 N–H and O–H groups in total. The van der Waals surface area contributed by atoms with Gasteiger partial charge in [0.05, 0.1) is 0 Å². The Kier molecular flexibility index (Phi) is 1.98. The number of nitrogens with zero attached hydrogens (tertiary/aromatic N) is 2. The Hall–Kier alpha value is -1.70. The van der Waals surface area contributed by atoms with Crippen LogP contribution in [0.15, 0.2) is 36.7 Å². The zero-order valence-corrected chi connectivity index (χ0v) is 8.35. The highest BCUT2D eigenvalue weighted by atomic mass is 14.9. The van der Waals surface area contributed by atoms with Crippen LogP contribution in [0.25, 0.3) is 11.4 Å². The molecule has 3 rings (SSSR count). The first-order chi connectivity index (χ1) is 7.43. The Bertz CT molecular complexity index is 444. The van der Waals surface area contributed by atoms with Gasteiger partial charge in [-0.25, -0.2) is 9.97 Å². The Labute approximate surface area is 89.0 Å². The van der Waals surface area contributed by atoms with Gasteiger partial charge in [0.1, 0.15) is 0 Å². The first-order valence-electron chi connectivity index (χ1n) is 5.22. The van der Waals surface area contributed by atoms with E-state index in [4.69, 9.17) is 0 Å². The van der Waals surface area contributed by atoms with E-state index in [1.807, 2.05) is 36.7 Å². The summed E-state index contributed by atoms with van der Waals surface area (Å²) in [6, 6.07) is 10.7. The van der Waals surface area contributed by atoms with E-state index >= 15 is 0 Å². The number of rotatable bonds is 2. The highest BCUT2D eigenvalue weighted by Crippen LogP contribution is 2.39. The third-order valence-electron chi connectivity index (χ3n) is 2.70. The fraction of sp³-hybridized carbons (Fsp3) is 0.231. The van der Waals surface area contributed by atoms with E-state index in [0.29, 0.717) is 0 Å². The molecule has 0 atom stereocenters. The van der Waals surface area contributed by atoms with Crippen LogP contribution in [0.1, 0.15) is 24.3 Å². The van der Waals surface area contributed by atoms with Crippen molar-refractivity contribution in [2.45, 2.75) is 18.8 Å². The van der Waals surface area contributed by atoms with E-state index in [9.17, 15) is 0 Å².